The number of nitrogens with zero attached hydrogens (tertiary/aromatic N) is 1. The molecule has 0 saturated heterocycles. The Kier molecular flexibility index (Phi) is 6.35. The zero-order valence-corrected chi connectivity index (χ0v) is 13.8. The van der Waals surface area contributed by atoms with Gasteiger partial charge in [0.15, 0.2) is 12.4 Å². The highest BCUT2D eigenvalue weighted by atomic mass is 35.5. The average Bonchev–Trinajstić information content (AvgIpc) is 2.60. The average molecular weight is 385 g/mol. The number of nitrogens with one attached hydrogen (secondary N) is 1. The van der Waals surface area contributed by atoms with E-state index in [1.807, 2.05) is 6.07 Å². The van der Waals surface area contributed by atoms with Crippen LogP contribution in [0.3, 0.4) is 0 Å². The Bertz CT molecular complexity index is 824. The van der Waals surface area contributed by atoms with E-state index in [-0.39, 0.29) is 10.8 Å². The molecule has 1 aromatic carbocycles. The standard InChI is InChI=1S/C17H12ClF3N2O3/c18-13-8-12(17(19,20)21)9-22-16(13)23-14(24)10-26-15(25)7-6-11-4-2-1-3-5-11/h1-9H,10H2,(H,22,23,24). The molecule has 5 nitrogen and oxygen atoms in total. The maximum Gasteiger partial charge on any atom is 0.417 e. The van der Waals surface area contributed by atoms with Crippen molar-refractivity contribution in [3.05, 3.63) is 64.8 Å². The molecule has 0 spiro atoms. The van der Waals surface area contributed by atoms with Crippen LogP contribution in [0.4, 0.5) is 19.0 Å². The molecule has 9 heteroatoms. The zero-order valence-electron chi connectivity index (χ0n) is 13.1. The lowest BCUT2D eigenvalue weighted by molar-refractivity contribution is -0.142. The van der Waals surface area contributed by atoms with Crippen LogP contribution in [0.5, 0.6) is 0 Å². The van der Waals surface area contributed by atoms with Crippen molar-refractivity contribution in [1.82, 2.24) is 4.98 Å². The lowest BCUT2D eigenvalue weighted by Gasteiger charge is -2.10. The summed E-state index contributed by atoms with van der Waals surface area (Å²) in [6.07, 6.45) is -1.41. The van der Waals surface area contributed by atoms with Crippen LogP contribution in [0.1, 0.15) is 11.1 Å². The Morgan fingerprint density at radius 2 is 1.92 bits per heavy atom. The van der Waals surface area contributed by atoms with Gasteiger partial charge in [0.05, 0.1) is 10.6 Å². The van der Waals surface area contributed by atoms with E-state index in [1.165, 1.54) is 6.08 Å². The lowest BCUT2D eigenvalue weighted by atomic mass is 10.2. The van der Waals surface area contributed by atoms with Crippen LogP contribution in [0.25, 0.3) is 6.08 Å². The van der Waals surface area contributed by atoms with Crippen LogP contribution < -0.4 is 5.32 Å². The summed E-state index contributed by atoms with van der Waals surface area (Å²) >= 11 is 5.66. The number of hydrogen-bond donors (Lipinski definition) is 1. The number of aromatic nitrogens is 1. The van der Waals surface area contributed by atoms with Gasteiger partial charge >= 0.3 is 12.1 Å². The normalized spacial score (nSPS) is 11.4. The monoisotopic (exact) mass is 384 g/mol. The summed E-state index contributed by atoms with van der Waals surface area (Å²) in [6.45, 7) is -0.642. The summed E-state index contributed by atoms with van der Waals surface area (Å²) in [5.41, 5.74) is -0.271. The quantitative estimate of drug-likeness (QED) is 0.626. The van der Waals surface area contributed by atoms with Crippen molar-refractivity contribution in [3.8, 4) is 0 Å². The molecule has 0 aliphatic carbocycles. The number of anilines is 1. The number of rotatable bonds is 5. The summed E-state index contributed by atoms with van der Waals surface area (Å²) in [7, 11) is 0. The highest BCUT2D eigenvalue weighted by molar-refractivity contribution is 6.33. The SMILES string of the molecule is O=C(COC(=O)C=Cc1ccccc1)Nc1ncc(C(F)(F)F)cc1Cl. The molecule has 26 heavy (non-hydrogen) atoms. The van der Waals surface area contributed by atoms with Gasteiger partial charge in [-0.25, -0.2) is 9.78 Å². The molecular weight excluding hydrogens is 373 g/mol. The Hall–Kier alpha value is -2.87. The number of pyridine rings is 1. The molecule has 0 aliphatic rings. The molecule has 2 rings (SSSR count). The van der Waals surface area contributed by atoms with Gasteiger partial charge < -0.3 is 10.1 Å². The first-order valence-corrected chi connectivity index (χ1v) is 7.56. The summed E-state index contributed by atoms with van der Waals surface area (Å²) in [5, 5.41) is 1.78. The number of ether oxygens (including phenoxy) is 1. The summed E-state index contributed by atoms with van der Waals surface area (Å²) in [5.74, 6) is -1.81. The third-order valence-corrected chi connectivity index (χ3v) is 3.27. The summed E-state index contributed by atoms with van der Waals surface area (Å²) in [6, 6.07) is 9.58. The van der Waals surface area contributed by atoms with Gasteiger partial charge in [-0.3, -0.25) is 4.79 Å². The predicted molar refractivity (Wildman–Crippen MR) is 89.3 cm³/mol. The number of carbonyl (C=O) groups excluding carboxylic acids is 2. The molecule has 0 radical (unpaired) electrons. The molecule has 0 fully saturated rings. The fourth-order valence-electron chi connectivity index (χ4n) is 1.77. The first-order chi connectivity index (χ1) is 12.3. The zero-order chi connectivity index (χ0) is 19.2. The molecule has 1 aromatic heterocycles. The van der Waals surface area contributed by atoms with Gasteiger partial charge in [-0.1, -0.05) is 41.9 Å². The summed E-state index contributed by atoms with van der Waals surface area (Å²) < 4.78 is 42.3. The number of alkyl halides is 3. The van der Waals surface area contributed by atoms with E-state index in [4.69, 9.17) is 16.3 Å². The van der Waals surface area contributed by atoms with E-state index in [1.54, 1.807) is 24.3 Å². The molecule has 0 bridgehead atoms. The van der Waals surface area contributed by atoms with Gasteiger partial charge in [-0.2, -0.15) is 13.2 Å². The molecule has 0 unspecified atom stereocenters. The highest BCUT2D eigenvalue weighted by Gasteiger charge is 2.31. The Balaban J connectivity index is 1.87. The van der Waals surface area contributed by atoms with Crippen molar-refractivity contribution < 1.29 is 27.5 Å². The first-order valence-electron chi connectivity index (χ1n) is 7.18. The minimum Gasteiger partial charge on any atom is -0.452 e. The van der Waals surface area contributed by atoms with Crippen LogP contribution in [-0.4, -0.2) is 23.5 Å². The minimum absolute atomic E-state index is 0.263. The van der Waals surface area contributed by atoms with Gasteiger partial charge in [0.1, 0.15) is 0 Å². The third-order valence-electron chi connectivity index (χ3n) is 2.98. The second-order valence-corrected chi connectivity index (χ2v) is 5.36. The maximum atomic E-state index is 12.5. The highest BCUT2D eigenvalue weighted by Crippen LogP contribution is 2.32. The molecule has 0 aliphatic heterocycles. The molecule has 0 saturated carbocycles. The molecular formula is C17H12ClF3N2O3. The Labute approximate surface area is 151 Å². The number of esters is 1. The first kappa shape index (κ1) is 19.5. The lowest BCUT2D eigenvalue weighted by Crippen LogP contribution is -2.21. The Morgan fingerprint density at radius 1 is 1.23 bits per heavy atom. The van der Waals surface area contributed by atoms with Crippen LogP contribution in [0, 0.1) is 0 Å². The van der Waals surface area contributed by atoms with Crippen molar-refractivity contribution in [2.45, 2.75) is 6.18 Å². The fourth-order valence-corrected chi connectivity index (χ4v) is 1.98. The smallest absolute Gasteiger partial charge is 0.417 e. The van der Waals surface area contributed by atoms with Gasteiger partial charge in [0, 0.05) is 12.3 Å². The Morgan fingerprint density at radius 3 is 2.54 bits per heavy atom. The van der Waals surface area contributed by atoms with E-state index in [0.717, 1.165) is 11.6 Å². The number of halogens is 4. The van der Waals surface area contributed by atoms with Crippen LogP contribution in [-0.2, 0) is 20.5 Å². The van der Waals surface area contributed by atoms with Crippen molar-refractivity contribution in [2.75, 3.05) is 11.9 Å². The predicted octanol–water partition coefficient (Wildman–Crippen LogP) is 3.95. The molecule has 1 heterocycles. The third kappa shape index (κ3) is 5.89. The minimum atomic E-state index is -4.60. The molecule has 136 valence electrons. The van der Waals surface area contributed by atoms with E-state index in [0.29, 0.717) is 12.3 Å². The second-order valence-electron chi connectivity index (χ2n) is 4.95. The van der Waals surface area contributed by atoms with Crippen molar-refractivity contribution >= 4 is 35.4 Å². The molecule has 1 N–H and O–H groups in total. The molecule has 0 atom stereocenters. The van der Waals surface area contributed by atoms with E-state index in [9.17, 15) is 22.8 Å². The molecule has 2 aromatic rings. The van der Waals surface area contributed by atoms with E-state index in [2.05, 4.69) is 10.3 Å². The van der Waals surface area contributed by atoms with E-state index >= 15 is 0 Å². The molecule has 1 amide bonds. The largest absolute Gasteiger partial charge is 0.452 e. The maximum absolute atomic E-state index is 12.5. The van der Waals surface area contributed by atoms with Crippen molar-refractivity contribution in [3.63, 3.8) is 0 Å². The second kappa shape index (κ2) is 8.48. The van der Waals surface area contributed by atoms with Crippen LogP contribution in [0.2, 0.25) is 5.02 Å². The van der Waals surface area contributed by atoms with Gasteiger partial charge in [-0.05, 0) is 17.7 Å². The number of carbonyl (C=O) groups is 2. The van der Waals surface area contributed by atoms with Crippen LogP contribution in [0.15, 0.2) is 48.7 Å². The number of benzene rings is 1. The van der Waals surface area contributed by atoms with Gasteiger partial charge in [0.25, 0.3) is 5.91 Å². The topological polar surface area (TPSA) is 68.3 Å². The number of amides is 1. The van der Waals surface area contributed by atoms with Crippen molar-refractivity contribution in [1.29, 1.82) is 0 Å². The van der Waals surface area contributed by atoms with Gasteiger partial charge in [0.2, 0.25) is 0 Å². The number of hydrogen-bond acceptors (Lipinski definition) is 4. The fraction of sp³-hybridized carbons (Fsp3) is 0.118. The van der Waals surface area contributed by atoms with Crippen molar-refractivity contribution in [2.24, 2.45) is 0 Å². The summed E-state index contributed by atoms with van der Waals surface area (Å²) in [4.78, 5) is 26.7. The van der Waals surface area contributed by atoms with Gasteiger partial charge in [-0.15, -0.1) is 0 Å². The van der Waals surface area contributed by atoms with E-state index < -0.39 is 30.2 Å². The van der Waals surface area contributed by atoms with Crippen LogP contribution >= 0.6 is 11.6 Å².